The summed E-state index contributed by atoms with van der Waals surface area (Å²) in [7, 11) is 0. The van der Waals surface area contributed by atoms with Crippen molar-refractivity contribution in [2.45, 2.75) is 40.0 Å². The van der Waals surface area contributed by atoms with Gasteiger partial charge in [-0.3, -0.25) is 4.79 Å². The maximum absolute atomic E-state index is 12.4. The molecule has 0 radical (unpaired) electrons. The van der Waals surface area contributed by atoms with Gasteiger partial charge in [0.2, 0.25) is 5.89 Å². The predicted molar refractivity (Wildman–Crippen MR) is 128 cm³/mol. The minimum absolute atomic E-state index is 0.0654. The van der Waals surface area contributed by atoms with Crippen molar-refractivity contribution in [3.05, 3.63) is 77.4 Å². The first kappa shape index (κ1) is 21.6. The second-order valence-corrected chi connectivity index (χ2v) is 9.13. The Morgan fingerprint density at radius 2 is 1.75 bits per heavy atom. The maximum atomic E-state index is 12.4. The minimum atomic E-state index is -0.234. The Hall–Kier alpha value is -3.60. The van der Waals surface area contributed by atoms with E-state index in [4.69, 9.17) is 9.15 Å². The van der Waals surface area contributed by atoms with Crippen molar-refractivity contribution in [2.75, 3.05) is 11.9 Å². The Kier molecular flexibility index (Phi) is 5.74. The minimum Gasteiger partial charge on any atom is -0.483 e. The molecule has 1 heterocycles. The number of nitrogens with one attached hydrogen (secondary N) is 1. The summed E-state index contributed by atoms with van der Waals surface area (Å²) in [6.07, 6.45) is 0. The van der Waals surface area contributed by atoms with Crippen LogP contribution < -0.4 is 10.1 Å². The molecule has 5 nitrogen and oxygen atoms in total. The number of benzene rings is 3. The fourth-order valence-electron chi connectivity index (χ4n) is 3.44. The zero-order chi connectivity index (χ0) is 22.9. The number of aryl methyl sites for hydroxylation is 2. The van der Waals surface area contributed by atoms with Crippen LogP contribution in [0.3, 0.4) is 0 Å². The lowest BCUT2D eigenvalue weighted by molar-refractivity contribution is -0.118. The number of nitrogens with zero attached hydrogens (tertiary/aromatic N) is 1. The molecule has 5 heteroatoms. The van der Waals surface area contributed by atoms with Crippen LogP contribution in [0.1, 0.15) is 37.5 Å². The quantitative estimate of drug-likeness (QED) is 0.398. The third-order valence-corrected chi connectivity index (χ3v) is 5.37. The molecule has 1 amide bonds. The van der Waals surface area contributed by atoms with E-state index in [0.717, 1.165) is 22.2 Å². The van der Waals surface area contributed by atoms with Crippen molar-refractivity contribution >= 4 is 22.7 Å². The molecule has 0 fully saturated rings. The van der Waals surface area contributed by atoms with Crippen molar-refractivity contribution < 1.29 is 13.9 Å². The highest BCUT2D eigenvalue weighted by atomic mass is 16.5. The van der Waals surface area contributed by atoms with Crippen LogP contribution in [0, 0.1) is 13.8 Å². The van der Waals surface area contributed by atoms with E-state index in [1.54, 1.807) is 6.07 Å². The average Bonchev–Trinajstić information content (AvgIpc) is 3.17. The predicted octanol–water partition coefficient (Wildman–Crippen LogP) is 6.43. The number of carbonyl (C=O) groups is 1. The monoisotopic (exact) mass is 428 g/mol. The largest absolute Gasteiger partial charge is 0.483 e. The van der Waals surface area contributed by atoms with Gasteiger partial charge in [0.25, 0.3) is 5.91 Å². The van der Waals surface area contributed by atoms with Gasteiger partial charge in [-0.15, -0.1) is 0 Å². The molecule has 0 aliphatic heterocycles. The summed E-state index contributed by atoms with van der Waals surface area (Å²) in [5, 5.41) is 2.86. The topological polar surface area (TPSA) is 64.4 Å². The maximum Gasteiger partial charge on any atom is 0.262 e. The smallest absolute Gasteiger partial charge is 0.262 e. The first-order valence-electron chi connectivity index (χ1n) is 10.7. The summed E-state index contributed by atoms with van der Waals surface area (Å²) in [5.74, 6) is 1.04. The zero-order valence-corrected chi connectivity index (χ0v) is 19.2. The number of hydrogen-bond donors (Lipinski definition) is 1. The van der Waals surface area contributed by atoms with Crippen LogP contribution in [0.2, 0.25) is 0 Å². The number of fused-ring (bicyclic) bond motifs is 1. The van der Waals surface area contributed by atoms with Gasteiger partial charge in [0, 0.05) is 17.3 Å². The molecule has 4 aromatic rings. The van der Waals surface area contributed by atoms with Gasteiger partial charge in [-0.1, -0.05) is 45.0 Å². The molecule has 0 aliphatic carbocycles. The molecule has 0 atom stereocenters. The Balaban J connectivity index is 1.45. The van der Waals surface area contributed by atoms with Gasteiger partial charge in [0.05, 0.1) is 0 Å². The molecular formula is C27H28N2O3. The Labute approximate surface area is 188 Å². The number of aromatic nitrogens is 1. The normalized spacial score (nSPS) is 11.5. The highest BCUT2D eigenvalue weighted by molar-refractivity contribution is 5.94. The van der Waals surface area contributed by atoms with Crippen molar-refractivity contribution in [3.63, 3.8) is 0 Å². The molecule has 0 unspecified atom stereocenters. The SMILES string of the molecule is Cc1ccc(C)c(OCC(=O)Nc2ccc3nc(-c4ccc(C(C)(C)C)cc4)oc3c2)c1. The first-order chi connectivity index (χ1) is 15.2. The van der Waals surface area contributed by atoms with E-state index in [-0.39, 0.29) is 17.9 Å². The van der Waals surface area contributed by atoms with E-state index in [1.807, 2.05) is 56.3 Å². The second-order valence-electron chi connectivity index (χ2n) is 9.13. The molecule has 0 saturated heterocycles. The molecule has 4 rings (SSSR count). The van der Waals surface area contributed by atoms with E-state index in [0.29, 0.717) is 22.9 Å². The lowest BCUT2D eigenvalue weighted by atomic mass is 9.87. The molecule has 164 valence electrons. The Morgan fingerprint density at radius 3 is 2.47 bits per heavy atom. The molecule has 0 aliphatic rings. The van der Waals surface area contributed by atoms with Gasteiger partial charge >= 0.3 is 0 Å². The van der Waals surface area contributed by atoms with Gasteiger partial charge in [-0.25, -0.2) is 4.98 Å². The summed E-state index contributed by atoms with van der Waals surface area (Å²) in [5.41, 5.74) is 6.34. The number of oxazole rings is 1. The van der Waals surface area contributed by atoms with Gasteiger partial charge in [0.1, 0.15) is 11.3 Å². The molecule has 0 spiro atoms. The number of amides is 1. The summed E-state index contributed by atoms with van der Waals surface area (Å²) in [6, 6.07) is 19.6. The van der Waals surface area contributed by atoms with Crippen LogP contribution in [0.25, 0.3) is 22.6 Å². The van der Waals surface area contributed by atoms with E-state index >= 15 is 0 Å². The number of hydrogen-bond acceptors (Lipinski definition) is 4. The molecule has 1 aromatic heterocycles. The van der Waals surface area contributed by atoms with Crippen LogP contribution in [0.15, 0.2) is 65.1 Å². The lowest BCUT2D eigenvalue weighted by Crippen LogP contribution is -2.20. The van der Waals surface area contributed by atoms with Crippen LogP contribution in [-0.2, 0) is 10.2 Å². The standard InChI is InChI=1S/C27H28N2O3/c1-17-6-7-18(2)23(14-17)31-16-25(30)28-21-12-13-22-24(15-21)32-26(29-22)19-8-10-20(11-9-19)27(3,4)5/h6-15H,16H2,1-5H3,(H,28,30). The van der Waals surface area contributed by atoms with E-state index in [2.05, 4.69) is 43.2 Å². The van der Waals surface area contributed by atoms with Gasteiger partial charge in [-0.05, 0) is 66.3 Å². The summed E-state index contributed by atoms with van der Waals surface area (Å²) in [4.78, 5) is 17.0. The number of rotatable bonds is 5. The van der Waals surface area contributed by atoms with E-state index in [1.165, 1.54) is 5.56 Å². The summed E-state index contributed by atoms with van der Waals surface area (Å²) >= 11 is 0. The van der Waals surface area contributed by atoms with Crippen LogP contribution in [-0.4, -0.2) is 17.5 Å². The third kappa shape index (κ3) is 4.83. The van der Waals surface area contributed by atoms with Crippen molar-refractivity contribution in [2.24, 2.45) is 0 Å². The molecule has 0 bridgehead atoms. The highest BCUT2D eigenvalue weighted by Gasteiger charge is 2.15. The van der Waals surface area contributed by atoms with Crippen LogP contribution in [0.5, 0.6) is 5.75 Å². The Bertz CT molecular complexity index is 1260. The highest BCUT2D eigenvalue weighted by Crippen LogP contribution is 2.29. The van der Waals surface area contributed by atoms with Gasteiger partial charge in [0.15, 0.2) is 12.2 Å². The van der Waals surface area contributed by atoms with Crippen LogP contribution in [0.4, 0.5) is 5.69 Å². The third-order valence-electron chi connectivity index (χ3n) is 5.37. The van der Waals surface area contributed by atoms with Crippen molar-refractivity contribution in [3.8, 4) is 17.2 Å². The van der Waals surface area contributed by atoms with E-state index < -0.39 is 0 Å². The second kappa shape index (κ2) is 8.50. The number of ether oxygens (including phenoxy) is 1. The average molecular weight is 429 g/mol. The summed E-state index contributed by atoms with van der Waals surface area (Å²) < 4.78 is 11.7. The molecular weight excluding hydrogens is 400 g/mol. The number of anilines is 1. The van der Waals surface area contributed by atoms with Crippen molar-refractivity contribution in [1.82, 2.24) is 4.98 Å². The van der Waals surface area contributed by atoms with Gasteiger partial charge < -0.3 is 14.5 Å². The Morgan fingerprint density at radius 1 is 1.00 bits per heavy atom. The van der Waals surface area contributed by atoms with Gasteiger partial charge in [-0.2, -0.15) is 0 Å². The fourth-order valence-corrected chi connectivity index (χ4v) is 3.44. The van der Waals surface area contributed by atoms with Crippen LogP contribution >= 0.6 is 0 Å². The zero-order valence-electron chi connectivity index (χ0n) is 19.2. The van der Waals surface area contributed by atoms with E-state index in [9.17, 15) is 4.79 Å². The molecule has 0 saturated carbocycles. The summed E-state index contributed by atoms with van der Waals surface area (Å²) in [6.45, 7) is 10.4. The molecule has 1 N–H and O–H groups in total. The molecule has 3 aromatic carbocycles. The first-order valence-corrected chi connectivity index (χ1v) is 10.7. The number of carbonyl (C=O) groups excluding carboxylic acids is 1. The fraction of sp³-hybridized carbons (Fsp3) is 0.259. The lowest BCUT2D eigenvalue weighted by Gasteiger charge is -2.18. The van der Waals surface area contributed by atoms with Crippen molar-refractivity contribution in [1.29, 1.82) is 0 Å². The molecule has 32 heavy (non-hydrogen) atoms.